The van der Waals surface area contributed by atoms with Gasteiger partial charge in [-0.05, 0) is 48.8 Å². The number of aliphatic imine (C=N–C) groups is 1. The molecule has 0 spiro atoms. The Bertz CT molecular complexity index is 753. The van der Waals surface area contributed by atoms with Crippen LogP contribution in [0.1, 0.15) is 24.0 Å². The van der Waals surface area contributed by atoms with Crippen molar-refractivity contribution in [2.45, 2.75) is 12.8 Å². The highest BCUT2D eigenvalue weighted by atomic mass is 35.5. The number of ether oxygens (including phenoxy) is 2. The summed E-state index contributed by atoms with van der Waals surface area (Å²) in [5.74, 6) is 1.58. The summed E-state index contributed by atoms with van der Waals surface area (Å²) in [4.78, 5) is 8.92. The summed E-state index contributed by atoms with van der Waals surface area (Å²) in [7, 11) is 3.33. The SMILES string of the molecule is COc1ccc(/C=C2\CCCN=C2c2cccnc2)c(OC)c1.Cl.Cl.Cl.Cl. The van der Waals surface area contributed by atoms with Gasteiger partial charge in [-0.3, -0.25) is 9.98 Å². The molecule has 0 fully saturated rings. The number of pyridine rings is 1. The maximum Gasteiger partial charge on any atom is 0.129 e. The lowest BCUT2D eigenvalue weighted by molar-refractivity contribution is 0.393. The van der Waals surface area contributed by atoms with E-state index in [-0.39, 0.29) is 49.6 Å². The summed E-state index contributed by atoms with van der Waals surface area (Å²) in [6, 6.07) is 9.85. The van der Waals surface area contributed by atoms with E-state index >= 15 is 0 Å². The normalized spacial score (nSPS) is 13.7. The topological polar surface area (TPSA) is 43.7 Å². The van der Waals surface area contributed by atoms with Crippen molar-refractivity contribution >= 4 is 61.4 Å². The predicted molar refractivity (Wildman–Crippen MR) is 121 cm³/mol. The molecule has 0 radical (unpaired) electrons. The van der Waals surface area contributed by atoms with Crippen LogP contribution in [0.2, 0.25) is 0 Å². The van der Waals surface area contributed by atoms with E-state index in [2.05, 4.69) is 17.1 Å². The summed E-state index contributed by atoms with van der Waals surface area (Å²) in [5, 5.41) is 0. The summed E-state index contributed by atoms with van der Waals surface area (Å²) in [5.41, 5.74) is 4.34. The Morgan fingerprint density at radius 3 is 2.41 bits per heavy atom. The second-order valence-corrected chi connectivity index (χ2v) is 5.35. The van der Waals surface area contributed by atoms with Gasteiger partial charge in [-0.1, -0.05) is 0 Å². The fourth-order valence-corrected chi connectivity index (χ4v) is 2.73. The molecule has 150 valence electrons. The largest absolute Gasteiger partial charge is 0.497 e. The highest BCUT2D eigenvalue weighted by molar-refractivity contribution is 6.15. The monoisotopic (exact) mass is 452 g/mol. The van der Waals surface area contributed by atoms with Gasteiger partial charge in [0.05, 0.1) is 19.9 Å². The molecule has 1 aromatic carbocycles. The number of aromatic nitrogens is 1. The van der Waals surface area contributed by atoms with Crippen LogP contribution in [0, 0.1) is 0 Å². The summed E-state index contributed by atoms with van der Waals surface area (Å²) >= 11 is 0. The Labute approximate surface area is 185 Å². The maximum atomic E-state index is 5.49. The lowest BCUT2D eigenvalue weighted by Gasteiger charge is -2.17. The van der Waals surface area contributed by atoms with Crippen LogP contribution < -0.4 is 9.47 Å². The first-order valence-electron chi connectivity index (χ1n) is 7.69. The standard InChI is InChI=1S/C19H20N2O2.4ClH/c1-22-17-8-7-14(18(12-17)23-2)11-15-5-4-10-21-19(15)16-6-3-9-20-13-16;;;;/h3,6-9,11-13H,4-5,10H2,1-2H3;4*1H/b15-11+;;;;. The Hall–Kier alpha value is -1.46. The smallest absolute Gasteiger partial charge is 0.129 e. The van der Waals surface area contributed by atoms with Crippen LogP contribution in [0.3, 0.4) is 0 Å². The van der Waals surface area contributed by atoms with Gasteiger partial charge in [0.2, 0.25) is 0 Å². The number of hydrogen-bond donors (Lipinski definition) is 0. The summed E-state index contributed by atoms with van der Waals surface area (Å²) < 4.78 is 10.8. The second kappa shape index (κ2) is 13.7. The molecule has 0 N–H and O–H groups in total. The maximum absolute atomic E-state index is 5.49. The van der Waals surface area contributed by atoms with Crippen LogP contribution >= 0.6 is 49.6 Å². The van der Waals surface area contributed by atoms with E-state index in [1.165, 1.54) is 5.57 Å². The van der Waals surface area contributed by atoms with Crippen molar-refractivity contribution in [1.82, 2.24) is 4.98 Å². The minimum Gasteiger partial charge on any atom is -0.497 e. The molecule has 27 heavy (non-hydrogen) atoms. The van der Waals surface area contributed by atoms with Gasteiger partial charge in [0, 0.05) is 36.1 Å². The van der Waals surface area contributed by atoms with Crippen LogP contribution in [0.4, 0.5) is 0 Å². The Balaban J connectivity index is 0. The van der Waals surface area contributed by atoms with Gasteiger partial charge in [-0.15, -0.1) is 49.6 Å². The average molecular weight is 454 g/mol. The average Bonchev–Trinajstić information content (AvgIpc) is 2.63. The van der Waals surface area contributed by atoms with Crippen molar-refractivity contribution in [2.24, 2.45) is 4.99 Å². The first-order chi connectivity index (χ1) is 11.3. The number of methoxy groups -OCH3 is 2. The lowest BCUT2D eigenvalue weighted by Crippen LogP contribution is -2.12. The molecule has 2 heterocycles. The molecule has 1 aromatic heterocycles. The molecule has 1 aliphatic rings. The van der Waals surface area contributed by atoms with Crippen molar-refractivity contribution in [2.75, 3.05) is 20.8 Å². The van der Waals surface area contributed by atoms with Crippen molar-refractivity contribution in [3.63, 3.8) is 0 Å². The van der Waals surface area contributed by atoms with Gasteiger partial charge in [-0.25, -0.2) is 0 Å². The van der Waals surface area contributed by atoms with E-state index in [0.29, 0.717) is 0 Å². The highest BCUT2D eigenvalue weighted by Gasteiger charge is 2.15. The number of hydrogen-bond acceptors (Lipinski definition) is 4. The molecule has 0 atom stereocenters. The first kappa shape index (κ1) is 27.8. The van der Waals surface area contributed by atoms with Gasteiger partial charge < -0.3 is 9.47 Å². The second-order valence-electron chi connectivity index (χ2n) is 5.35. The zero-order chi connectivity index (χ0) is 16.1. The Morgan fingerprint density at radius 2 is 1.78 bits per heavy atom. The molecule has 0 saturated heterocycles. The number of rotatable bonds is 4. The molecule has 1 aliphatic heterocycles. The predicted octanol–water partition coefficient (Wildman–Crippen LogP) is 5.45. The highest BCUT2D eigenvalue weighted by Crippen LogP contribution is 2.29. The molecule has 2 aromatic rings. The molecule has 8 heteroatoms. The fraction of sp³-hybridized carbons (Fsp3) is 0.263. The third-order valence-electron chi connectivity index (χ3n) is 3.88. The number of nitrogens with zero attached hydrogens (tertiary/aromatic N) is 2. The van der Waals surface area contributed by atoms with E-state index in [1.807, 2.05) is 30.5 Å². The van der Waals surface area contributed by atoms with Gasteiger partial charge in [0.1, 0.15) is 11.5 Å². The lowest BCUT2D eigenvalue weighted by atomic mass is 9.94. The molecule has 0 amide bonds. The molecule has 0 aliphatic carbocycles. The molecule has 0 saturated carbocycles. The minimum atomic E-state index is 0. The summed E-state index contributed by atoms with van der Waals surface area (Å²) in [6.07, 6.45) is 7.87. The van der Waals surface area contributed by atoms with Crippen molar-refractivity contribution in [3.8, 4) is 11.5 Å². The number of allylic oxidation sites excluding steroid dienone is 1. The van der Waals surface area contributed by atoms with Crippen LogP contribution in [0.5, 0.6) is 11.5 Å². The molecule has 3 rings (SSSR count). The van der Waals surface area contributed by atoms with Gasteiger partial charge >= 0.3 is 0 Å². The number of halogens is 4. The third-order valence-corrected chi connectivity index (χ3v) is 3.88. The third kappa shape index (κ3) is 6.89. The van der Waals surface area contributed by atoms with Crippen molar-refractivity contribution in [3.05, 3.63) is 59.4 Å². The van der Waals surface area contributed by atoms with Crippen LogP contribution in [0.25, 0.3) is 6.08 Å². The molecule has 0 unspecified atom stereocenters. The van der Waals surface area contributed by atoms with Gasteiger partial charge in [-0.2, -0.15) is 0 Å². The van der Waals surface area contributed by atoms with Crippen LogP contribution in [-0.4, -0.2) is 31.5 Å². The minimum absolute atomic E-state index is 0. The zero-order valence-corrected chi connectivity index (χ0v) is 18.4. The Morgan fingerprint density at radius 1 is 1.00 bits per heavy atom. The fourth-order valence-electron chi connectivity index (χ4n) is 2.73. The molecule has 0 bridgehead atoms. The van der Waals surface area contributed by atoms with Gasteiger partial charge in [0.15, 0.2) is 0 Å². The van der Waals surface area contributed by atoms with Crippen LogP contribution in [-0.2, 0) is 0 Å². The van der Waals surface area contributed by atoms with E-state index in [1.54, 1.807) is 20.4 Å². The summed E-state index contributed by atoms with van der Waals surface area (Å²) in [6.45, 7) is 0.862. The van der Waals surface area contributed by atoms with Gasteiger partial charge in [0.25, 0.3) is 0 Å². The van der Waals surface area contributed by atoms with E-state index in [0.717, 1.165) is 47.7 Å². The van der Waals surface area contributed by atoms with E-state index in [4.69, 9.17) is 14.5 Å². The molecular formula is C19H24Cl4N2O2. The van der Waals surface area contributed by atoms with Crippen LogP contribution in [0.15, 0.2) is 53.3 Å². The number of benzene rings is 1. The Kier molecular flexibility index (Phi) is 14.1. The van der Waals surface area contributed by atoms with Crippen molar-refractivity contribution < 1.29 is 9.47 Å². The van der Waals surface area contributed by atoms with E-state index < -0.39 is 0 Å². The van der Waals surface area contributed by atoms with E-state index in [9.17, 15) is 0 Å². The molecule has 4 nitrogen and oxygen atoms in total. The first-order valence-corrected chi connectivity index (χ1v) is 7.69. The zero-order valence-electron chi connectivity index (χ0n) is 15.1. The molecular weight excluding hydrogens is 430 g/mol. The quantitative estimate of drug-likeness (QED) is 0.617. The van der Waals surface area contributed by atoms with Crippen molar-refractivity contribution in [1.29, 1.82) is 0 Å².